The summed E-state index contributed by atoms with van der Waals surface area (Å²) in [6, 6.07) is 11.4. The van der Waals surface area contributed by atoms with Crippen LogP contribution in [0.2, 0.25) is 5.02 Å². The Labute approximate surface area is 152 Å². The topological polar surface area (TPSA) is 55.2 Å². The van der Waals surface area contributed by atoms with Crippen LogP contribution in [0.15, 0.2) is 53.0 Å². The van der Waals surface area contributed by atoms with Crippen molar-refractivity contribution >= 4 is 38.9 Å². The number of benzene rings is 2. The van der Waals surface area contributed by atoms with Gasteiger partial charge in [0.15, 0.2) is 0 Å². The van der Waals surface area contributed by atoms with Gasteiger partial charge in [-0.3, -0.25) is 10.1 Å². The zero-order chi connectivity index (χ0) is 16.8. The van der Waals surface area contributed by atoms with Crippen LogP contribution in [0.25, 0.3) is 0 Å². The molecule has 2 aliphatic rings. The molecular weight excluding hydrogens is 392 g/mol. The summed E-state index contributed by atoms with van der Waals surface area (Å²) in [7, 11) is 0. The van der Waals surface area contributed by atoms with E-state index < -0.39 is 0 Å². The molecule has 1 N–H and O–H groups in total. The summed E-state index contributed by atoms with van der Waals surface area (Å²) >= 11 is 9.64. The van der Waals surface area contributed by atoms with Gasteiger partial charge in [-0.05, 0) is 41.7 Å². The summed E-state index contributed by atoms with van der Waals surface area (Å²) in [6.45, 7) is 0. The van der Waals surface area contributed by atoms with E-state index in [1.54, 1.807) is 0 Å². The van der Waals surface area contributed by atoms with E-state index in [0.29, 0.717) is 16.6 Å². The van der Waals surface area contributed by atoms with Gasteiger partial charge in [-0.15, -0.1) is 0 Å². The molecule has 2 aromatic carbocycles. The molecule has 2 aromatic rings. The lowest BCUT2D eigenvalue weighted by Crippen LogP contribution is -2.29. The molecule has 0 saturated carbocycles. The molecule has 4 nitrogen and oxygen atoms in total. The van der Waals surface area contributed by atoms with Crippen LogP contribution in [0.4, 0.5) is 11.4 Å². The summed E-state index contributed by atoms with van der Waals surface area (Å²) in [5.41, 5.74) is 2.66. The number of nitrogens with one attached hydrogen (secondary N) is 1. The number of hydrogen-bond donors (Lipinski definition) is 1. The van der Waals surface area contributed by atoms with Crippen molar-refractivity contribution in [2.75, 3.05) is 5.32 Å². The molecule has 0 saturated heterocycles. The van der Waals surface area contributed by atoms with Crippen molar-refractivity contribution in [3.8, 4) is 0 Å². The van der Waals surface area contributed by atoms with Crippen molar-refractivity contribution in [1.82, 2.24) is 0 Å². The van der Waals surface area contributed by atoms with E-state index in [4.69, 9.17) is 11.6 Å². The first kappa shape index (κ1) is 15.7. The van der Waals surface area contributed by atoms with E-state index in [-0.39, 0.29) is 22.6 Å². The summed E-state index contributed by atoms with van der Waals surface area (Å²) in [5.74, 6) is 0.465. The highest BCUT2D eigenvalue weighted by Gasteiger charge is 2.40. The van der Waals surface area contributed by atoms with Gasteiger partial charge in [0.1, 0.15) is 5.69 Å². The molecular formula is C18H14BrClN2O2. The summed E-state index contributed by atoms with van der Waals surface area (Å²) in [4.78, 5) is 11.1. The number of halogens is 2. The molecule has 0 fully saturated rings. The highest BCUT2D eigenvalue weighted by Crippen LogP contribution is 2.52. The second-order valence-corrected chi connectivity index (χ2v) is 7.53. The predicted molar refractivity (Wildman–Crippen MR) is 98.6 cm³/mol. The van der Waals surface area contributed by atoms with E-state index >= 15 is 0 Å². The van der Waals surface area contributed by atoms with Gasteiger partial charge in [0.25, 0.3) is 5.69 Å². The highest BCUT2D eigenvalue weighted by molar-refractivity contribution is 9.10. The molecule has 4 rings (SSSR count). The molecule has 0 amide bonds. The Hall–Kier alpha value is -1.85. The minimum absolute atomic E-state index is 0.0230. The van der Waals surface area contributed by atoms with Gasteiger partial charge in [-0.25, -0.2) is 0 Å². The van der Waals surface area contributed by atoms with E-state index in [9.17, 15) is 10.1 Å². The molecule has 0 aromatic heterocycles. The number of hydrogen-bond acceptors (Lipinski definition) is 3. The molecule has 6 heteroatoms. The maximum absolute atomic E-state index is 11.5. The first-order valence-corrected chi connectivity index (χ1v) is 8.88. The minimum Gasteiger partial charge on any atom is -0.372 e. The number of anilines is 1. The Morgan fingerprint density at radius 3 is 2.88 bits per heavy atom. The van der Waals surface area contributed by atoms with Crippen molar-refractivity contribution in [2.45, 2.75) is 18.4 Å². The van der Waals surface area contributed by atoms with Crippen LogP contribution < -0.4 is 5.32 Å². The lowest BCUT2D eigenvalue weighted by atomic mass is 9.77. The quantitative estimate of drug-likeness (QED) is 0.388. The Balaban J connectivity index is 1.87. The van der Waals surface area contributed by atoms with Crippen molar-refractivity contribution in [3.05, 3.63) is 79.3 Å². The van der Waals surface area contributed by atoms with E-state index in [0.717, 1.165) is 22.0 Å². The van der Waals surface area contributed by atoms with Crippen LogP contribution >= 0.6 is 27.5 Å². The fourth-order valence-electron chi connectivity index (χ4n) is 3.82. The van der Waals surface area contributed by atoms with Gasteiger partial charge >= 0.3 is 0 Å². The third kappa shape index (κ3) is 2.52. The molecule has 0 unspecified atom stereocenters. The standard InChI is InChI=1S/C18H14BrClN2O2/c19-11-4-1-3-10(7-11)17-14-6-2-5-13(14)15-8-12(20)9-16(22(23)24)18(15)21-17/h1-5,7-9,13-14,17,21H,6H2/t13-,14+,17+/m0/s1. The highest BCUT2D eigenvalue weighted by atomic mass is 79.9. The molecule has 1 aliphatic carbocycles. The average molecular weight is 406 g/mol. The molecule has 1 heterocycles. The minimum atomic E-state index is -0.366. The molecule has 0 bridgehead atoms. The van der Waals surface area contributed by atoms with Crippen LogP contribution in [-0.4, -0.2) is 4.92 Å². The Morgan fingerprint density at radius 1 is 1.29 bits per heavy atom. The smallest absolute Gasteiger partial charge is 0.294 e. The van der Waals surface area contributed by atoms with Gasteiger partial charge in [0, 0.05) is 21.5 Å². The Kier molecular flexibility index (Phi) is 3.85. The molecule has 0 spiro atoms. The number of allylic oxidation sites excluding steroid dienone is 2. The number of nitrogens with zero attached hydrogens (tertiary/aromatic N) is 1. The largest absolute Gasteiger partial charge is 0.372 e. The summed E-state index contributed by atoms with van der Waals surface area (Å²) < 4.78 is 1.00. The monoisotopic (exact) mass is 404 g/mol. The number of nitro benzene ring substituents is 1. The van der Waals surface area contributed by atoms with E-state index in [1.807, 2.05) is 18.2 Å². The van der Waals surface area contributed by atoms with Gasteiger partial charge in [-0.1, -0.05) is 51.8 Å². The zero-order valence-corrected chi connectivity index (χ0v) is 14.9. The van der Waals surface area contributed by atoms with Crippen molar-refractivity contribution in [1.29, 1.82) is 0 Å². The number of rotatable bonds is 2. The summed E-state index contributed by atoms with van der Waals surface area (Å²) in [6.07, 6.45) is 5.24. The predicted octanol–water partition coefficient (Wildman–Crippen LogP) is 5.84. The van der Waals surface area contributed by atoms with Gasteiger partial charge < -0.3 is 5.32 Å². The van der Waals surface area contributed by atoms with Gasteiger partial charge in [0.2, 0.25) is 0 Å². The molecule has 1 aliphatic heterocycles. The van der Waals surface area contributed by atoms with Crippen molar-refractivity contribution in [3.63, 3.8) is 0 Å². The molecule has 0 radical (unpaired) electrons. The van der Waals surface area contributed by atoms with Crippen LogP contribution in [0.5, 0.6) is 0 Å². The number of nitro groups is 1. The molecule has 24 heavy (non-hydrogen) atoms. The molecule has 122 valence electrons. The average Bonchev–Trinajstić information content (AvgIpc) is 3.03. The molecule has 3 atom stereocenters. The number of fused-ring (bicyclic) bond motifs is 3. The van der Waals surface area contributed by atoms with Crippen molar-refractivity contribution in [2.24, 2.45) is 5.92 Å². The van der Waals surface area contributed by atoms with Gasteiger partial charge in [-0.2, -0.15) is 0 Å². The maximum Gasteiger partial charge on any atom is 0.294 e. The normalized spacial score (nSPS) is 24.2. The third-order valence-corrected chi connectivity index (χ3v) is 5.53. The second-order valence-electron chi connectivity index (χ2n) is 6.18. The fourth-order valence-corrected chi connectivity index (χ4v) is 4.46. The second kappa shape index (κ2) is 5.90. The summed E-state index contributed by atoms with van der Waals surface area (Å²) in [5, 5.41) is 15.3. The van der Waals surface area contributed by atoms with Crippen molar-refractivity contribution < 1.29 is 4.92 Å². The zero-order valence-electron chi connectivity index (χ0n) is 12.6. The Morgan fingerprint density at radius 2 is 2.12 bits per heavy atom. The lowest BCUT2D eigenvalue weighted by Gasteiger charge is -2.37. The Bertz CT molecular complexity index is 868. The lowest BCUT2D eigenvalue weighted by molar-refractivity contribution is -0.384. The van der Waals surface area contributed by atoms with Crippen LogP contribution in [0.3, 0.4) is 0 Å². The first-order chi connectivity index (χ1) is 11.5. The van der Waals surface area contributed by atoms with E-state index in [1.165, 1.54) is 6.07 Å². The van der Waals surface area contributed by atoms with Gasteiger partial charge in [0.05, 0.1) is 11.0 Å². The van der Waals surface area contributed by atoms with Crippen LogP contribution in [-0.2, 0) is 0 Å². The maximum atomic E-state index is 11.5. The van der Waals surface area contributed by atoms with Crippen LogP contribution in [0, 0.1) is 16.0 Å². The first-order valence-electron chi connectivity index (χ1n) is 7.71. The van der Waals surface area contributed by atoms with E-state index in [2.05, 4.69) is 45.5 Å². The third-order valence-electron chi connectivity index (χ3n) is 4.82. The van der Waals surface area contributed by atoms with Crippen LogP contribution in [0.1, 0.15) is 29.5 Å². The SMILES string of the molecule is O=[N+]([O-])c1cc(Cl)cc2c1N[C@H](c1cccc(Br)c1)[C@@H]1CC=C[C@H]21. The fraction of sp³-hybridized carbons (Fsp3) is 0.222.